The maximum Gasteiger partial charge on any atom is 0.325 e. The first kappa shape index (κ1) is 17.1. The van der Waals surface area contributed by atoms with E-state index in [4.69, 9.17) is 0 Å². The predicted octanol–water partition coefficient (Wildman–Crippen LogP) is 3.36. The Morgan fingerprint density at radius 3 is 2.52 bits per heavy atom. The molecule has 1 unspecified atom stereocenters. The van der Waals surface area contributed by atoms with Gasteiger partial charge in [0, 0.05) is 12.1 Å². The predicted molar refractivity (Wildman–Crippen MR) is 88.7 cm³/mol. The summed E-state index contributed by atoms with van der Waals surface area (Å²) in [5.74, 6) is -1.97. The first-order valence-electron chi connectivity index (χ1n) is 8.05. The lowest BCUT2D eigenvalue weighted by atomic mass is 9.91. The van der Waals surface area contributed by atoms with E-state index in [2.05, 4.69) is 5.32 Å². The number of aryl methyl sites for hydroxylation is 1. The first-order chi connectivity index (χ1) is 11.9. The lowest BCUT2D eigenvalue weighted by molar-refractivity contribution is -0.131. The summed E-state index contributed by atoms with van der Waals surface area (Å²) in [6.45, 7) is 1.61. The fourth-order valence-corrected chi connectivity index (χ4v) is 3.05. The van der Waals surface area contributed by atoms with Gasteiger partial charge in [-0.3, -0.25) is 9.69 Å². The Morgan fingerprint density at radius 2 is 1.80 bits per heavy atom. The molecule has 1 saturated heterocycles. The van der Waals surface area contributed by atoms with Gasteiger partial charge in [-0.2, -0.15) is 0 Å². The zero-order valence-electron chi connectivity index (χ0n) is 13.8. The van der Waals surface area contributed by atoms with E-state index in [0.29, 0.717) is 12.8 Å². The molecule has 1 heterocycles. The van der Waals surface area contributed by atoms with Gasteiger partial charge in [0.05, 0.1) is 0 Å². The van der Waals surface area contributed by atoms with Crippen LogP contribution in [0.25, 0.3) is 0 Å². The molecule has 1 fully saturated rings. The summed E-state index contributed by atoms with van der Waals surface area (Å²) in [7, 11) is 0. The highest BCUT2D eigenvalue weighted by Crippen LogP contribution is 2.31. The molecule has 0 bridgehead atoms. The van der Waals surface area contributed by atoms with Gasteiger partial charge >= 0.3 is 6.03 Å². The molecule has 2 aromatic carbocycles. The van der Waals surface area contributed by atoms with Crippen LogP contribution in [0.5, 0.6) is 0 Å². The van der Waals surface area contributed by atoms with Crippen LogP contribution in [-0.2, 0) is 16.8 Å². The van der Waals surface area contributed by atoms with Crippen molar-refractivity contribution in [1.29, 1.82) is 0 Å². The quantitative estimate of drug-likeness (QED) is 0.846. The van der Waals surface area contributed by atoms with E-state index in [1.54, 1.807) is 0 Å². The van der Waals surface area contributed by atoms with Crippen molar-refractivity contribution >= 4 is 11.9 Å². The highest BCUT2D eigenvalue weighted by Gasteiger charge is 2.50. The summed E-state index contributed by atoms with van der Waals surface area (Å²) >= 11 is 0. The third-order valence-electron chi connectivity index (χ3n) is 4.43. The van der Waals surface area contributed by atoms with Crippen molar-refractivity contribution in [3.05, 3.63) is 71.3 Å². The third-order valence-corrected chi connectivity index (χ3v) is 4.43. The van der Waals surface area contributed by atoms with E-state index in [0.717, 1.165) is 28.7 Å². The number of rotatable bonds is 5. The monoisotopic (exact) mass is 344 g/mol. The molecule has 4 nitrogen and oxygen atoms in total. The molecule has 1 aliphatic heterocycles. The average molecular weight is 344 g/mol. The number of benzene rings is 2. The summed E-state index contributed by atoms with van der Waals surface area (Å²) in [6, 6.07) is 12.0. The van der Waals surface area contributed by atoms with Crippen molar-refractivity contribution in [2.24, 2.45) is 0 Å². The number of carbonyl (C=O) groups excluding carboxylic acids is 2. The van der Waals surface area contributed by atoms with E-state index >= 15 is 0 Å². The maximum atomic E-state index is 14.1. The highest BCUT2D eigenvalue weighted by atomic mass is 19.1. The van der Waals surface area contributed by atoms with Gasteiger partial charge in [0.1, 0.15) is 17.2 Å². The number of imide groups is 1. The number of halogens is 2. The third kappa shape index (κ3) is 3.24. The summed E-state index contributed by atoms with van der Waals surface area (Å²) < 4.78 is 27.6. The summed E-state index contributed by atoms with van der Waals surface area (Å²) in [4.78, 5) is 26.0. The van der Waals surface area contributed by atoms with Gasteiger partial charge in [-0.25, -0.2) is 13.6 Å². The maximum absolute atomic E-state index is 14.1. The minimum atomic E-state index is -1.60. The van der Waals surface area contributed by atoms with E-state index < -0.39 is 29.1 Å². The number of nitrogens with one attached hydrogen (secondary N) is 1. The van der Waals surface area contributed by atoms with Gasteiger partial charge in [-0.1, -0.05) is 30.3 Å². The fraction of sp³-hybridized carbons (Fsp3) is 0.263. The van der Waals surface area contributed by atoms with Gasteiger partial charge in [-0.15, -0.1) is 0 Å². The number of urea groups is 1. The summed E-state index contributed by atoms with van der Waals surface area (Å²) in [5.41, 5.74) is -0.666. The summed E-state index contributed by atoms with van der Waals surface area (Å²) in [5, 5.41) is 2.49. The standard InChI is InChI=1S/C19H18F2N2O2/c1-19(15-12-14(20)9-10-16(15)21)17(24)23(18(25)22-19)11-5-8-13-6-3-2-4-7-13/h2-4,6-7,9-10,12H,5,8,11H2,1H3,(H,22,25). The molecule has 6 heteroatoms. The minimum Gasteiger partial charge on any atom is -0.319 e. The number of hydrogen-bond donors (Lipinski definition) is 1. The topological polar surface area (TPSA) is 49.4 Å². The average Bonchev–Trinajstić information content (AvgIpc) is 2.82. The lowest BCUT2D eigenvalue weighted by Crippen LogP contribution is -2.42. The zero-order valence-corrected chi connectivity index (χ0v) is 13.8. The van der Waals surface area contributed by atoms with E-state index in [9.17, 15) is 18.4 Å². The zero-order chi connectivity index (χ0) is 18.0. The van der Waals surface area contributed by atoms with Crippen LogP contribution in [0.3, 0.4) is 0 Å². The molecule has 1 N–H and O–H groups in total. The van der Waals surface area contributed by atoms with Crippen LogP contribution < -0.4 is 5.32 Å². The van der Waals surface area contributed by atoms with Crippen LogP contribution in [0, 0.1) is 11.6 Å². The number of hydrogen-bond acceptors (Lipinski definition) is 2. The Labute approximate surface area is 144 Å². The first-order valence-corrected chi connectivity index (χ1v) is 8.05. The molecular weight excluding hydrogens is 326 g/mol. The van der Waals surface area contributed by atoms with E-state index in [1.807, 2.05) is 30.3 Å². The van der Waals surface area contributed by atoms with Crippen LogP contribution in [0.2, 0.25) is 0 Å². The molecule has 0 aromatic heterocycles. The second-order valence-corrected chi connectivity index (χ2v) is 6.23. The minimum absolute atomic E-state index is 0.170. The molecule has 1 atom stereocenters. The van der Waals surface area contributed by atoms with Gasteiger partial charge < -0.3 is 5.32 Å². The van der Waals surface area contributed by atoms with Crippen molar-refractivity contribution < 1.29 is 18.4 Å². The van der Waals surface area contributed by atoms with E-state index in [1.165, 1.54) is 6.92 Å². The molecule has 1 aliphatic rings. The van der Waals surface area contributed by atoms with Crippen LogP contribution >= 0.6 is 0 Å². The largest absolute Gasteiger partial charge is 0.325 e. The number of nitrogens with zero attached hydrogens (tertiary/aromatic N) is 1. The van der Waals surface area contributed by atoms with Crippen LogP contribution in [0.4, 0.5) is 13.6 Å². The molecule has 0 spiro atoms. The van der Waals surface area contributed by atoms with Crippen molar-refractivity contribution in [2.75, 3.05) is 6.54 Å². The molecule has 3 amide bonds. The Hall–Kier alpha value is -2.76. The van der Waals surface area contributed by atoms with Gasteiger partial charge in [0.2, 0.25) is 0 Å². The Kier molecular flexibility index (Phi) is 4.53. The van der Waals surface area contributed by atoms with Gasteiger partial charge in [-0.05, 0) is 43.5 Å². The Bertz CT molecular complexity index is 810. The Balaban J connectivity index is 1.74. The molecule has 25 heavy (non-hydrogen) atoms. The molecular formula is C19H18F2N2O2. The van der Waals surface area contributed by atoms with Gasteiger partial charge in [0.25, 0.3) is 5.91 Å². The van der Waals surface area contributed by atoms with Crippen LogP contribution in [0.15, 0.2) is 48.5 Å². The molecule has 3 rings (SSSR count). The molecule has 0 radical (unpaired) electrons. The molecule has 130 valence electrons. The Morgan fingerprint density at radius 1 is 1.08 bits per heavy atom. The number of carbonyl (C=O) groups is 2. The van der Waals surface area contributed by atoms with Crippen molar-refractivity contribution in [3.8, 4) is 0 Å². The molecule has 0 aliphatic carbocycles. The SMILES string of the molecule is CC1(c2cc(F)ccc2F)NC(=O)N(CCCc2ccccc2)C1=O. The molecule has 2 aromatic rings. The van der Waals surface area contributed by atoms with Crippen LogP contribution in [0.1, 0.15) is 24.5 Å². The van der Waals surface area contributed by atoms with E-state index in [-0.39, 0.29) is 12.1 Å². The van der Waals surface area contributed by atoms with Crippen molar-refractivity contribution in [1.82, 2.24) is 10.2 Å². The number of amides is 3. The second-order valence-electron chi connectivity index (χ2n) is 6.23. The lowest BCUT2D eigenvalue weighted by Gasteiger charge is -2.22. The van der Waals surface area contributed by atoms with Crippen molar-refractivity contribution in [2.45, 2.75) is 25.3 Å². The normalized spacial score (nSPS) is 20.0. The van der Waals surface area contributed by atoms with Crippen LogP contribution in [-0.4, -0.2) is 23.4 Å². The highest BCUT2D eigenvalue weighted by molar-refractivity contribution is 6.07. The molecule has 0 saturated carbocycles. The summed E-state index contributed by atoms with van der Waals surface area (Å²) in [6.07, 6.45) is 1.30. The fourth-order valence-electron chi connectivity index (χ4n) is 3.05. The smallest absolute Gasteiger partial charge is 0.319 e. The second kappa shape index (κ2) is 6.63. The van der Waals surface area contributed by atoms with Gasteiger partial charge in [0.15, 0.2) is 0 Å². The van der Waals surface area contributed by atoms with Crippen molar-refractivity contribution in [3.63, 3.8) is 0 Å².